The number of rotatable bonds is 7. The third kappa shape index (κ3) is 4.27. The van der Waals surface area contributed by atoms with Gasteiger partial charge in [-0.2, -0.15) is 4.98 Å². The molecule has 0 unspecified atom stereocenters. The zero-order valence-electron chi connectivity index (χ0n) is 13.8. The highest BCUT2D eigenvalue weighted by atomic mass is 35.5. The van der Waals surface area contributed by atoms with Gasteiger partial charge in [0.05, 0.1) is 4.92 Å². The van der Waals surface area contributed by atoms with Crippen molar-refractivity contribution in [2.24, 2.45) is 0 Å². The van der Waals surface area contributed by atoms with Crippen molar-refractivity contribution in [1.29, 1.82) is 0 Å². The monoisotopic (exact) mass is 390 g/mol. The second-order valence-electron chi connectivity index (χ2n) is 5.40. The van der Waals surface area contributed by atoms with Crippen LogP contribution < -0.4 is 10.1 Å². The van der Waals surface area contributed by atoms with Crippen molar-refractivity contribution in [3.8, 4) is 11.6 Å². The first kappa shape index (κ1) is 18.1. The van der Waals surface area contributed by atoms with Crippen molar-refractivity contribution < 1.29 is 9.66 Å². The SMILES string of the molecule is Cc1cc(Oc2ncnc(NCCc3cccs3)c2[N+](=O)[O-])ccc1Cl. The number of aromatic nitrogens is 2. The summed E-state index contributed by atoms with van der Waals surface area (Å²) >= 11 is 7.63. The van der Waals surface area contributed by atoms with Gasteiger partial charge in [0.15, 0.2) is 0 Å². The summed E-state index contributed by atoms with van der Waals surface area (Å²) in [5.74, 6) is 0.422. The molecular weight excluding hydrogens is 376 g/mol. The molecule has 3 rings (SSSR count). The van der Waals surface area contributed by atoms with Crippen LogP contribution in [-0.4, -0.2) is 21.4 Å². The molecular formula is C17H15ClN4O3S. The Bertz CT molecular complexity index is 918. The molecule has 26 heavy (non-hydrogen) atoms. The van der Waals surface area contributed by atoms with E-state index in [4.69, 9.17) is 16.3 Å². The Hall–Kier alpha value is -2.71. The number of ether oxygens (including phenoxy) is 1. The molecule has 134 valence electrons. The van der Waals surface area contributed by atoms with Crippen LogP contribution in [0.5, 0.6) is 11.6 Å². The molecule has 0 amide bonds. The third-order valence-electron chi connectivity index (χ3n) is 3.56. The van der Waals surface area contributed by atoms with Crippen LogP contribution in [0, 0.1) is 17.0 Å². The maximum absolute atomic E-state index is 11.5. The van der Waals surface area contributed by atoms with Crippen molar-refractivity contribution in [2.75, 3.05) is 11.9 Å². The van der Waals surface area contributed by atoms with Crippen molar-refractivity contribution in [2.45, 2.75) is 13.3 Å². The number of nitrogens with zero attached hydrogens (tertiary/aromatic N) is 3. The molecule has 2 heterocycles. The van der Waals surface area contributed by atoms with Crippen LogP contribution in [0.15, 0.2) is 42.0 Å². The highest BCUT2D eigenvalue weighted by Gasteiger charge is 2.25. The van der Waals surface area contributed by atoms with Crippen molar-refractivity contribution in [1.82, 2.24) is 9.97 Å². The molecule has 1 aromatic carbocycles. The van der Waals surface area contributed by atoms with Gasteiger partial charge in [-0.1, -0.05) is 17.7 Å². The Kier molecular flexibility index (Phi) is 5.65. The highest BCUT2D eigenvalue weighted by molar-refractivity contribution is 7.09. The number of hydrogen-bond donors (Lipinski definition) is 1. The molecule has 0 spiro atoms. The van der Waals surface area contributed by atoms with Crippen molar-refractivity contribution in [3.05, 3.63) is 67.6 Å². The van der Waals surface area contributed by atoms with Crippen LogP contribution in [0.2, 0.25) is 5.02 Å². The zero-order chi connectivity index (χ0) is 18.5. The van der Waals surface area contributed by atoms with Gasteiger partial charge in [0.2, 0.25) is 5.82 Å². The van der Waals surface area contributed by atoms with Gasteiger partial charge in [-0.3, -0.25) is 10.1 Å². The minimum absolute atomic E-state index is 0.120. The molecule has 0 bridgehead atoms. The van der Waals surface area contributed by atoms with Gasteiger partial charge in [-0.15, -0.1) is 11.3 Å². The van der Waals surface area contributed by atoms with Gasteiger partial charge in [-0.25, -0.2) is 4.98 Å². The maximum Gasteiger partial charge on any atom is 0.373 e. The van der Waals surface area contributed by atoms with E-state index in [0.29, 0.717) is 17.3 Å². The average Bonchev–Trinajstić information content (AvgIpc) is 3.11. The summed E-state index contributed by atoms with van der Waals surface area (Å²) in [6, 6.07) is 8.97. The topological polar surface area (TPSA) is 90.2 Å². The van der Waals surface area contributed by atoms with Crippen LogP contribution in [0.3, 0.4) is 0 Å². The average molecular weight is 391 g/mol. The second-order valence-corrected chi connectivity index (χ2v) is 6.84. The molecule has 0 aliphatic heterocycles. The predicted molar refractivity (Wildman–Crippen MR) is 101 cm³/mol. The fourth-order valence-electron chi connectivity index (χ4n) is 2.28. The molecule has 7 nitrogen and oxygen atoms in total. The van der Waals surface area contributed by atoms with Gasteiger partial charge in [0.25, 0.3) is 0 Å². The van der Waals surface area contributed by atoms with E-state index in [1.165, 1.54) is 11.2 Å². The lowest BCUT2D eigenvalue weighted by Gasteiger charge is -2.10. The molecule has 0 radical (unpaired) electrons. The maximum atomic E-state index is 11.5. The number of anilines is 1. The molecule has 1 N–H and O–H groups in total. The molecule has 9 heteroatoms. The number of hydrogen-bond acceptors (Lipinski definition) is 7. The van der Waals surface area contributed by atoms with Crippen LogP contribution in [-0.2, 0) is 6.42 Å². The number of nitrogens with one attached hydrogen (secondary N) is 1. The predicted octanol–water partition coefficient (Wildman–Crippen LogP) is 4.86. The smallest absolute Gasteiger partial charge is 0.373 e. The van der Waals surface area contributed by atoms with Crippen LogP contribution >= 0.6 is 22.9 Å². The van der Waals surface area contributed by atoms with E-state index in [0.717, 1.165) is 12.0 Å². The van der Waals surface area contributed by atoms with E-state index >= 15 is 0 Å². The van der Waals surface area contributed by atoms with Gasteiger partial charge in [-0.05, 0) is 48.6 Å². The van der Waals surface area contributed by atoms with Crippen molar-refractivity contribution >= 4 is 34.4 Å². The first-order chi connectivity index (χ1) is 12.5. The minimum atomic E-state index is -0.550. The number of nitro groups is 1. The Balaban J connectivity index is 1.80. The Morgan fingerprint density at radius 3 is 2.88 bits per heavy atom. The number of thiophene rings is 1. The summed E-state index contributed by atoms with van der Waals surface area (Å²) in [4.78, 5) is 20.1. The zero-order valence-corrected chi connectivity index (χ0v) is 15.4. The molecule has 0 aliphatic carbocycles. The Morgan fingerprint density at radius 2 is 2.19 bits per heavy atom. The molecule has 0 fully saturated rings. The van der Waals surface area contributed by atoms with Crippen LogP contribution in [0.25, 0.3) is 0 Å². The van der Waals surface area contributed by atoms with E-state index in [1.54, 1.807) is 29.5 Å². The van der Waals surface area contributed by atoms with Gasteiger partial charge in [0.1, 0.15) is 12.1 Å². The fourth-order valence-corrected chi connectivity index (χ4v) is 3.11. The van der Waals surface area contributed by atoms with E-state index in [9.17, 15) is 10.1 Å². The van der Waals surface area contributed by atoms with Gasteiger partial charge >= 0.3 is 11.6 Å². The highest BCUT2D eigenvalue weighted by Crippen LogP contribution is 2.34. The lowest BCUT2D eigenvalue weighted by molar-refractivity contribution is -0.385. The van der Waals surface area contributed by atoms with Gasteiger partial charge < -0.3 is 10.1 Å². The lowest BCUT2D eigenvalue weighted by Crippen LogP contribution is -2.09. The Labute approximate surface area is 158 Å². The minimum Gasteiger partial charge on any atom is -0.434 e. The van der Waals surface area contributed by atoms with E-state index in [2.05, 4.69) is 15.3 Å². The third-order valence-corrected chi connectivity index (χ3v) is 4.92. The van der Waals surface area contributed by atoms with E-state index in [-0.39, 0.29) is 17.4 Å². The second kappa shape index (κ2) is 8.11. The fraction of sp³-hybridized carbons (Fsp3) is 0.176. The summed E-state index contributed by atoms with van der Waals surface area (Å²) in [5.41, 5.74) is 0.501. The van der Waals surface area contributed by atoms with Crippen LogP contribution in [0.4, 0.5) is 11.5 Å². The number of aryl methyl sites for hydroxylation is 1. The molecule has 2 aromatic heterocycles. The molecule has 0 saturated heterocycles. The summed E-state index contributed by atoms with van der Waals surface area (Å²) in [5, 5.41) is 17.1. The van der Waals surface area contributed by atoms with E-state index < -0.39 is 4.92 Å². The molecule has 0 aliphatic rings. The summed E-state index contributed by atoms with van der Waals surface area (Å²) in [6.45, 7) is 2.33. The van der Waals surface area contributed by atoms with Gasteiger partial charge in [0, 0.05) is 16.4 Å². The van der Waals surface area contributed by atoms with Crippen molar-refractivity contribution in [3.63, 3.8) is 0 Å². The first-order valence-corrected chi connectivity index (χ1v) is 9.00. The lowest BCUT2D eigenvalue weighted by atomic mass is 10.2. The quantitative estimate of drug-likeness (QED) is 0.458. The van der Waals surface area contributed by atoms with E-state index in [1.807, 2.05) is 24.4 Å². The molecule has 0 atom stereocenters. The molecule has 0 saturated carbocycles. The summed E-state index contributed by atoms with van der Waals surface area (Å²) in [7, 11) is 0. The Morgan fingerprint density at radius 1 is 1.35 bits per heavy atom. The standard InChI is InChI=1S/C17H15ClN4O3S/c1-11-9-12(4-5-14(11)18)25-17-15(22(23)24)16(20-10-21-17)19-7-6-13-3-2-8-26-13/h2-5,8-10H,6-7H2,1H3,(H,19,20,21). The molecule has 3 aromatic rings. The largest absolute Gasteiger partial charge is 0.434 e. The number of benzene rings is 1. The number of halogens is 1. The summed E-state index contributed by atoms with van der Waals surface area (Å²) in [6.07, 6.45) is 1.98. The summed E-state index contributed by atoms with van der Waals surface area (Å²) < 4.78 is 5.61. The normalized spacial score (nSPS) is 10.5. The first-order valence-electron chi connectivity index (χ1n) is 7.74. The van der Waals surface area contributed by atoms with Crippen LogP contribution in [0.1, 0.15) is 10.4 Å².